The molecule has 2 aromatic carbocycles. The number of fused-ring (bicyclic) bond motifs is 2. The van der Waals surface area contributed by atoms with Crippen molar-refractivity contribution >= 4 is 32.5 Å². The molecule has 4 rings (SSSR count). The van der Waals surface area contributed by atoms with Gasteiger partial charge in [0.15, 0.2) is 0 Å². The smallest absolute Gasteiger partial charge is 0.450 e. The highest BCUT2D eigenvalue weighted by atomic mass is 32.1. The number of hydrogen-bond acceptors (Lipinski definition) is 5. The molecule has 0 bridgehead atoms. The van der Waals surface area contributed by atoms with E-state index in [9.17, 15) is 23.1 Å². The SMILES string of the molecule is CCc1cc2c(=O)c(-c3nc4ccccc4s3)c(C(F)(F)F)oc2cc1O. The van der Waals surface area contributed by atoms with Gasteiger partial charge >= 0.3 is 6.18 Å². The number of phenols is 1. The second kappa shape index (κ2) is 6.09. The Balaban J connectivity index is 2.12. The Morgan fingerprint density at radius 3 is 2.63 bits per heavy atom. The first kappa shape index (κ1) is 17.5. The average molecular weight is 391 g/mol. The zero-order valence-electron chi connectivity index (χ0n) is 13.9. The van der Waals surface area contributed by atoms with E-state index in [4.69, 9.17) is 4.42 Å². The van der Waals surface area contributed by atoms with Crippen molar-refractivity contribution in [2.24, 2.45) is 0 Å². The largest absolute Gasteiger partial charge is 0.508 e. The van der Waals surface area contributed by atoms with Crippen LogP contribution in [0.15, 0.2) is 45.6 Å². The number of aromatic hydroxyl groups is 1. The van der Waals surface area contributed by atoms with Crippen LogP contribution in [-0.2, 0) is 12.6 Å². The first-order chi connectivity index (χ1) is 12.8. The lowest BCUT2D eigenvalue weighted by molar-refractivity contribution is -0.152. The average Bonchev–Trinajstić information content (AvgIpc) is 3.03. The topological polar surface area (TPSA) is 63.3 Å². The van der Waals surface area contributed by atoms with Crippen molar-refractivity contribution < 1.29 is 22.7 Å². The van der Waals surface area contributed by atoms with Crippen molar-refractivity contribution in [3.63, 3.8) is 0 Å². The van der Waals surface area contributed by atoms with Gasteiger partial charge in [0, 0.05) is 6.07 Å². The van der Waals surface area contributed by atoms with Crippen LogP contribution in [0, 0.1) is 0 Å². The summed E-state index contributed by atoms with van der Waals surface area (Å²) in [5.74, 6) is -1.63. The molecule has 4 aromatic rings. The van der Waals surface area contributed by atoms with Crippen molar-refractivity contribution in [3.8, 4) is 16.3 Å². The summed E-state index contributed by atoms with van der Waals surface area (Å²) < 4.78 is 46.6. The second-order valence-electron chi connectivity index (χ2n) is 5.95. The van der Waals surface area contributed by atoms with E-state index in [0.717, 1.165) is 17.4 Å². The Kier molecular flexibility index (Phi) is 3.96. The zero-order valence-corrected chi connectivity index (χ0v) is 14.7. The highest BCUT2D eigenvalue weighted by molar-refractivity contribution is 7.21. The molecule has 138 valence electrons. The summed E-state index contributed by atoms with van der Waals surface area (Å²) in [6, 6.07) is 9.27. The first-order valence-corrected chi connectivity index (χ1v) is 8.87. The van der Waals surface area contributed by atoms with Gasteiger partial charge in [-0.05, 0) is 30.2 Å². The molecule has 0 amide bonds. The summed E-state index contributed by atoms with van der Waals surface area (Å²) in [5, 5.41) is 9.85. The van der Waals surface area contributed by atoms with Gasteiger partial charge in [-0.3, -0.25) is 4.79 Å². The molecule has 0 saturated heterocycles. The van der Waals surface area contributed by atoms with Crippen molar-refractivity contribution in [1.82, 2.24) is 4.98 Å². The van der Waals surface area contributed by atoms with Crippen LogP contribution in [0.3, 0.4) is 0 Å². The fourth-order valence-corrected chi connectivity index (χ4v) is 3.94. The minimum Gasteiger partial charge on any atom is -0.508 e. The molecule has 0 atom stereocenters. The zero-order chi connectivity index (χ0) is 19.3. The number of thiazole rings is 1. The number of nitrogens with zero attached hydrogens (tertiary/aromatic N) is 1. The number of phenolic OH excluding ortho intramolecular Hbond substituents is 1. The first-order valence-electron chi connectivity index (χ1n) is 8.05. The van der Waals surface area contributed by atoms with Crippen LogP contribution in [0.4, 0.5) is 13.2 Å². The Labute approximate surface area is 154 Å². The molecule has 0 aliphatic rings. The molecule has 0 spiro atoms. The van der Waals surface area contributed by atoms with Gasteiger partial charge in [-0.15, -0.1) is 11.3 Å². The maximum absolute atomic E-state index is 13.6. The summed E-state index contributed by atoms with van der Waals surface area (Å²) in [7, 11) is 0. The molecule has 0 aliphatic carbocycles. The van der Waals surface area contributed by atoms with Crippen molar-refractivity contribution in [3.05, 3.63) is 57.9 Å². The summed E-state index contributed by atoms with van der Waals surface area (Å²) in [4.78, 5) is 17.2. The van der Waals surface area contributed by atoms with E-state index in [1.165, 1.54) is 6.07 Å². The minimum atomic E-state index is -4.89. The van der Waals surface area contributed by atoms with E-state index in [2.05, 4.69) is 4.98 Å². The number of benzene rings is 2. The van der Waals surface area contributed by atoms with Gasteiger partial charge in [0.25, 0.3) is 0 Å². The molecular formula is C19H12F3NO3S. The third-order valence-electron chi connectivity index (χ3n) is 4.24. The van der Waals surface area contributed by atoms with Crippen LogP contribution in [0.1, 0.15) is 18.2 Å². The van der Waals surface area contributed by atoms with Gasteiger partial charge in [0.1, 0.15) is 21.9 Å². The Morgan fingerprint density at radius 1 is 1.22 bits per heavy atom. The molecule has 8 heteroatoms. The molecule has 1 N–H and O–H groups in total. The van der Waals surface area contributed by atoms with Crippen LogP contribution in [0.5, 0.6) is 5.75 Å². The predicted octanol–water partition coefficient (Wildman–Crippen LogP) is 5.36. The van der Waals surface area contributed by atoms with E-state index in [1.54, 1.807) is 31.2 Å². The molecule has 0 radical (unpaired) electrons. The maximum atomic E-state index is 13.6. The number of rotatable bonds is 2. The number of halogens is 3. The molecule has 2 heterocycles. The Morgan fingerprint density at radius 2 is 1.96 bits per heavy atom. The molecule has 2 aromatic heterocycles. The van der Waals surface area contributed by atoms with Crippen LogP contribution < -0.4 is 5.43 Å². The van der Waals surface area contributed by atoms with Crippen molar-refractivity contribution in [1.29, 1.82) is 0 Å². The number of aryl methyl sites for hydroxylation is 1. The monoisotopic (exact) mass is 391 g/mol. The maximum Gasteiger partial charge on any atom is 0.450 e. The highest BCUT2D eigenvalue weighted by Crippen LogP contribution is 2.40. The third-order valence-corrected chi connectivity index (χ3v) is 5.29. The van der Waals surface area contributed by atoms with Gasteiger partial charge < -0.3 is 9.52 Å². The van der Waals surface area contributed by atoms with Crippen LogP contribution in [0.2, 0.25) is 0 Å². The van der Waals surface area contributed by atoms with E-state index in [-0.39, 0.29) is 21.7 Å². The van der Waals surface area contributed by atoms with E-state index >= 15 is 0 Å². The van der Waals surface area contributed by atoms with Gasteiger partial charge in [0.2, 0.25) is 11.2 Å². The highest BCUT2D eigenvalue weighted by Gasteiger charge is 2.40. The van der Waals surface area contributed by atoms with Gasteiger partial charge in [0.05, 0.1) is 15.6 Å². The molecule has 27 heavy (non-hydrogen) atoms. The second-order valence-corrected chi connectivity index (χ2v) is 6.98. The Hall–Kier alpha value is -2.87. The fraction of sp³-hybridized carbons (Fsp3) is 0.158. The molecule has 0 aliphatic heterocycles. The normalized spacial score (nSPS) is 12.1. The van der Waals surface area contributed by atoms with Gasteiger partial charge in [-0.2, -0.15) is 13.2 Å². The third kappa shape index (κ3) is 2.86. The van der Waals surface area contributed by atoms with Crippen LogP contribution in [-0.4, -0.2) is 10.1 Å². The van der Waals surface area contributed by atoms with Crippen molar-refractivity contribution in [2.45, 2.75) is 19.5 Å². The van der Waals surface area contributed by atoms with Crippen LogP contribution >= 0.6 is 11.3 Å². The molecule has 0 fully saturated rings. The molecule has 4 nitrogen and oxygen atoms in total. The van der Waals surface area contributed by atoms with Gasteiger partial charge in [-0.25, -0.2) is 4.98 Å². The number of aromatic nitrogens is 1. The number of alkyl halides is 3. The van der Waals surface area contributed by atoms with Crippen LogP contribution in [0.25, 0.3) is 31.8 Å². The summed E-state index contributed by atoms with van der Waals surface area (Å²) in [6.07, 6.45) is -4.47. The lowest BCUT2D eigenvalue weighted by Gasteiger charge is -2.12. The lowest BCUT2D eigenvalue weighted by Crippen LogP contribution is -2.16. The molecule has 0 saturated carbocycles. The number of hydrogen-bond donors (Lipinski definition) is 1. The van der Waals surface area contributed by atoms with E-state index < -0.39 is 22.9 Å². The summed E-state index contributed by atoms with van der Waals surface area (Å²) >= 11 is 0.996. The molecular weight excluding hydrogens is 379 g/mol. The number of para-hydroxylation sites is 1. The Bertz CT molecular complexity index is 1210. The molecule has 0 unspecified atom stereocenters. The minimum absolute atomic E-state index is 0.0214. The predicted molar refractivity (Wildman–Crippen MR) is 97.1 cm³/mol. The lowest BCUT2D eigenvalue weighted by atomic mass is 10.1. The summed E-state index contributed by atoms with van der Waals surface area (Å²) in [5.41, 5.74) is -0.789. The summed E-state index contributed by atoms with van der Waals surface area (Å²) in [6.45, 7) is 1.76. The van der Waals surface area contributed by atoms with Gasteiger partial charge in [-0.1, -0.05) is 19.1 Å². The quantitative estimate of drug-likeness (QED) is 0.500. The van der Waals surface area contributed by atoms with E-state index in [0.29, 0.717) is 22.2 Å². The van der Waals surface area contributed by atoms with Crippen molar-refractivity contribution in [2.75, 3.05) is 0 Å². The fourth-order valence-electron chi connectivity index (χ4n) is 2.93. The van der Waals surface area contributed by atoms with E-state index in [1.807, 2.05) is 0 Å². The standard InChI is InChI=1S/C19H12F3NO3S/c1-2-9-7-10-13(8-12(9)24)26-17(19(20,21)22)15(16(10)25)18-23-11-5-3-4-6-14(11)27-18/h3-8,24H,2H2,1H3.